The Morgan fingerprint density at radius 1 is 1.11 bits per heavy atom. The van der Waals surface area contributed by atoms with E-state index in [4.69, 9.17) is 21.1 Å². The average Bonchev–Trinajstić information content (AvgIpc) is 3.26. The predicted octanol–water partition coefficient (Wildman–Crippen LogP) is 6.52. The number of rotatable bonds is 12. The SMILES string of the molecule is CCCOc1ccc(C(=O)NCc2cc(CC(OC(C)C)C(=O)O)ccc2-c2ccc(C)s2)c(Cl)c1. The lowest BCUT2D eigenvalue weighted by atomic mass is 9.99. The Hall–Kier alpha value is -2.87. The molecule has 0 aliphatic heterocycles. The zero-order valence-electron chi connectivity index (χ0n) is 21.0. The van der Waals surface area contributed by atoms with Crippen LogP contribution in [-0.2, 0) is 22.5 Å². The first-order valence-electron chi connectivity index (χ1n) is 11.9. The lowest BCUT2D eigenvalue weighted by molar-refractivity contribution is -0.153. The molecule has 0 saturated heterocycles. The molecular formula is C28H32ClNO5S. The molecular weight excluding hydrogens is 498 g/mol. The van der Waals surface area contributed by atoms with E-state index in [1.165, 1.54) is 4.88 Å². The molecule has 1 amide bonds. The number of carbonyl (C=O) groups excluding carboxylic acids is 1. The highest BCUT2D eigenvalue weighted by atomic mass is 35.5. The quantitative estimate of drug-likeness (QED) is 0.279. The third-order valence-corrected chi connectivity index (χ3v) is 6.75. The summed E-state index contributed by atoms with van der Waals surface area (Å²) in [5, 5.41) is 12.9. The Bertz CT molecular complexity index is 1210. The van der Waals surface area contributed by atoms with Gasteiger partial charge in [0.05, 0.1) is 23.3 Å². The number of nitrogens with one attached hydrogen (secondary N) is 1. The van der Waals surface area contributed by atoms with Crippen LogP contribution >= 0.6 is 22.9 Å². The minimum atomic E-state index is -1.00. The summed E-state index contributed by atoms with van der Waals surface area (Å²) in [5.74, 6) is -0.678. The van der Waals surface area contributed by atoms with Crippen molar-refractivity contribution in [3.8, 4) is 16.2 Å². The summed E-state index contributed by atoms with van der Waals surface area (Å²) in [6, 6.07) is 15.0. The van der Waals surface area contributed by atoms with E-state index in [0.29, 0.717) is 22.9 Å². The van der Waals surface area contributed by atoms with Crippen LogP contribution < -0.4 is 10.1 Å². The molecule has 192 valence electrons. The topological polar surface area (TPSA) is 84.9 Å². The van der Waals surface area contributed by atoms with Gasteiger partial charge in [-0.25, -0.2) is 4.79 Å². The van der Waals surface area contributed by atoms with Gasteiger partial charge in [-0.05, 0) is 74.2 Å². The Morgan fingerprint density at radius 2 is 1.89 bits per heavy atom. The number of ether oxygens (including phenoxy) is 2. The molecule has 0 aliphatic carbocycles. The standard InChI is InChI=1S/C28H32ClNO5S/c1-5-12-34-21-8-10-23(24(29)15-21)27(31)30-16-20-13-19(14-25(28(32)33)35-17(2)3)7-9-22(20)26-11-6-18(4)36-26/h6-11,13,15,17,25H,5,12,14,16H2,1-4H3,(H,30,31)(H,32,33). The molecule has 36 heavy (non-hydrogen) atoms. The first-order valence-corrected chi connectivity index (χ1v) is 13.1. The van der Waals surface area contributed by atoms with Crippen LogP contribution in [0.15, 0.2) is 48.5 Å². The van der Waals surface area contributed by atoms with Crippen LogP contribution in [0.4, 0.5) is 0 Å². The molecule has 8 heteroatoms. The zero-order chi connectivity index (χ0) is 26.2. The minimum Gasteiger partial charge on any atom is -0.494 e. The maximum atomic E-state index is 13.0. The van der Waals surface area contributed by atoms with Crippen molar-refractivity contribution >= 4 is 34.8 Å². The zero-order valence-corrected chi connectivity index (χ0v) is 22.5. The molecule has 6 nitrogen and oxygen atoms in total. The van der Waals surface area contributed by atoms with E-state index in [9.17, 15) is 14.7 Å². The molecule has 0 bridgehead atoms. The second kappa shape index (κ2) is 12.9. The lowest BCUT2D eigenvalue weighted by Crippen LogP contribution is -2.29. The van der Waals surface area contributed by atoms with Crippen molar-refractivity contribution in [2.75, 3.05) is 6.61 Å². The number of aryl methyl sites for hydroxylation is 1. The molecule has 0 spiro atoms. The first kappa shape index (κ1) is 27.7. The van der Waals surface area contributed by atoms with Crippen molar-refractivity contribution in [1.82, 2.24) is 5.32 Å². The predicted molar refractivity (Wildman–Crippen MR) is 144 cm³/mol. The number of thiophene rings is 1. The Balaban J connectivity index is 1.83. The van der Waals surface area contributed by atoms with E-state index in [-0.39, 0.29) is 25.0 Å². The molecule has 0 radical (unpaired) electrons. The van der Waals surface area contributed by atoms with E-state index in [0.717, 1.165) is 28.0 Å². The highest BCUT2D eigenvalue weighted by Crippen LogP contribution is 2.32. The molecule has 1 heterocycles. The first-order chi connectivity index (χ1) is 17.2. The lowest BCUT2D eigenvalue weighted by Gasteiger charge is -2.18. The van der Waals surface area contributed by atoms with Crippen molar-refractivity contribution in [2.24, 2.45) is 0 Å². The van der Waals surface area contributed by atoms with Crippen LogP contribution in [0.25, 0.3) is 10.4 Å². The highest BCUT2D eigenvalue weighted by Gasteiger charge is 2.21. The number of amides is 1. The van der Waals surface area contributed by atoms with Gasteiger partial charge in [0.2, 0.25) is 0 Å². The van der Waals surface area contributed by atoms with Crippen molar-refractivity contribution < 1.29 is 24.2 Å². The fourth-order valence-electron chi connectivity index (χ4n) is 3.74. The summed E-state index contributed by atoms with van der Waals surface area (Å²) >= 11 is 8.02. The summed E-state index contributed by atoms with van der Waals surface area (Å²) in [7, 11) is 0. The van der Waals surface area contributed by atoms with Crippen LogP contribution in [0.2, 0.25) is 5.02 Å². The van der Waals surface area contributed by atoms with Crippen molar-refractivity contribution in [3.63, 3.8) is 0 Å². The number of benzene rings is 2. The molecule has 0 fully saturated rings. The Morgan fingerprint density at radius 3 is 2.50 bits per heavy atom. The number of carbonyl (C=O) groups is 2. The number of aliphatic carboxylic acids is 1. The van der Waals surface area contributed by atoms with Crippen LogP contribution in [0.3, 0.4) is 0 Å². The number of hydrogen-bond acceptors (Lipinski definition) is 5. The van der Waals surface area contributed by atoms with Gasteiger partial charge in [-0.3, -0.25) is 4.79 Å². The van der Waals surface area contributed by atoms with Crippen LogP contribution in [0.1, 0.15) is 53.6 Å². The van der Waals surface area contributed by atoms with Crippen LogP contribution in [0.5, 0.6) is 5.75 Å². The fraction of sp³-hybridized carbons (Fsp3) is 0.357. The number of carboxylic acid groups (broad SMARTS) is 1. The molecule has 3 rings (SSSR count). The maximum Gasteiger partial charge on any atom is 0.333 e. The van der Waals surface area contributed by atoms with E-state index < -0.39 is 12.1 Å². The van der Waals surface area contributed by atoms with Crippen molar-refractivity contribution in [3.05, 3.63) is 75.1 Å². The molecule has 0 aliphatic rings. The van der Waals surface area contributed by atoms with Crippen LogP contribution in [-0.4, -0.2) is 35.8 Å². The number of hydrogen-bond donors (Lipinski definition) is 2. The van der Waals surface area contributed by atoms with Gasteiger partial charge in [0.1, 0.15) is 5.75 Å². The average molecular weight is 530 g/mol. The van der Waals surface area contributed by atoms with Gasteiger partial charge < -0.3 is 19.9 Å². The van der Waals surface area contributed by atoms with Gasteiger partial charge in [0.25, 0.3) is 5.91 Å². The van der Waals surface area contributed by atoms with Crippen LogP contribution in [0, 0.1) is 6.92 Å². The summed E-state index contributed by atoms with van der Waals surface area (Å²) in [6.07, 6.45) is -0.0540. The van der Waals surface area contributed by atoms with E-state index in [1.807, 2.05) is 52.0 Å². The molecule has 1 aromatic heterocycles. The smallest absolute Gasteiger partial charge is 0.333 e. The third kappa shape index (κ3) is 7.56. The third-order valence-electron chi connectivity index (χ3n) is 5.41. The summed E-state index contributed by atoms with van der Waals surface area (Å²) in [5.41, 5.74) is 3.06. The number of halogens is 1. The van der Waals surface area contributed by atoms with E-state index in [2.05, 4.69) is 11.4 Å². The van der Waals surface area contributed by atoms with Gasteiger partial charge in [-0.15, -0.1) is 11.3 Å². The fourth-order valence-corrected chi connectivity index (χ4v) is 4.92. The van der Waals surface area contributed by atoms with E-state index >= 15 is 0 Å². The second-order valence-corrected chi connectivity index (χ2v) is 10.5. The number of carboxylic acids is 1. The molecule has 0 saturated carbocycles. The maximum absolute atomic E-state index is 13.0. The normalized spacial score (nSPS) is 11.9. The Kier molecular flexibility index (Phi) is 9.93. The minimum absolute atomic E-state index is 0.207. The molecule has 2 aromatic carbocycles. The molecule has 1 atom stereocenters. The van der Waals surface area contributed by atoms with Crippen molar-refractivity contribution in [1.29, 1.82) is 0 Å². The molecule has 3 aromatic rings. The van der Waals surface area contributed by atoms with E-state index in [1.54, 1.807) is 29.5 Å². The highest BCUT2D eigenvalue weighted by molar-refractivity contribution is 7.15. The largest absolute Gasteiger partial charge is 0.494 e. The summed E-state index contributed by atoms with van der Waals surface area (Å²) in [6.45, 7) is 8.52. The van der Waals surface area contributed by atoms with Gasteiger partial charge in [0, 0.05) is 22.7 Å². The van der Waals surface area contributed by atoms with Crippen molar-refractivity contribution in [2.45, 2.75) is 59.3 Å². The second-order valence-electron chi connectivity index (χ2n) is 8.79. The van der Waals surface area contributed by atoms with Gasteiger partial charge in [-0.2, -0.15) is 0 Å². The summed E-state index contributed by atoms with van der Waals surface area (Å²) in [4.78, 5) is 26.9. The van der Waals surface area contributed by atoms with Gasteiger partial charge in [0.15, 0.2) is 6.10 Å². The summed E-state index contributed by atoms with van der Waals surface area (Å²) < 4.78 is 11.2. The monoisotopic (exact) mass is 529 g/mol. The molecule has 2 N–H and O–H groups in total. The van der Waals surface area contributed by atoms with Gasteiger partial charge >= 0.3 is 5.97 Å². The van der Waals surface area contributed by atoms with Gasteiger partial charge in [-0.1, -0.05) is 36.7 Å². The Labute approximate surface area is 221 Å². The molecule has 1 unspecified atom stereocenters.